The fourth-order valence-electron chi connectivity index (χ4n) is 9.50. The Labute approximate surface area is 283 Å². The predicted molar refractivity (Wildman–Crippen MR) is 182 cm³/mol. The summed E-state index contributed by atoms with van der Waals surface area (Å²) in [6, 6.07) is 0. The second kappa shape index (κ2) is 15.5. The number of carbonyl (C=O) groups is 4. The second-order valence-corrected chi connectivity index (χ2v) is 14.8. The van der Waals surface area contributed by atoms with Crippen LogP contribution in [0.2, 0.25) is 0 Å². The molecule has 7 fully saturated rings. The van der Waals surface area contributed by atoms with Crippen LogP contribution in [0.4, 0.5) is 0 Å². The average Bonchev–Trinajstić information content (AvgIpc) is 3.83. The van der Waals surface area contributed by atoms with Gasteiger partial charge in [-0.25, -0.2) is 14.4 Å². The Kier molecular flexibility index (Phi) is 12.7. The number of fused-ring (bicyclic) bond motifs is 6. The maximum absolute atomic E-state index is 11.5. The maximum Gasteiger partial charge on any atom is 0.333 e. The zero-order chi connectivity index (χ0) is 32.6. The first-order valence-electron chi connectivity index (χ1n) is 17.2. The van der Waals surface area contributed by atoms with Crippen molar-refractivity contribution in [1.82, 2.24) is 0 Å². The fraction of sp³-hybridized carbons (Fsp3) is 0.744. The van der Waals surface area contributed by atoms with Crippen LogP contribution in [0.25, 0.3) is 0 Å². The van der Waals surface area contributed by atoms with Gasteiger partial charge in [-0.3, -0.25) is 4.79 Å². The second-order valence-electron chi connectivity index (χ2n) is 14.8. The van der Waals surface area contributed by atoms with E-state index in [4.69, 9.17) is 18.9 Å². The Hall–Kier alpha value is -2.90. The van der Waals surface area contributed by atoms with Gasteiger partial charge in [-0.05, 0) is 115 Å². The van der Waals surface area contributed by atoms with Gasteiger partial charge in [-0.15, -0.1) is 0 Å². The molecule has 8 heteroatoms. The molecule has 10 unspecified atom stereocenters. The summed E-state index contributed by atoms with van der Waals surface area (Å²) in [6.07, 6.45) is 13.5. The molecule has 4 bridgehead atoms. The summed E-state index contributed by atoms with van der Waals surface area (Å²) >= 11 is 0. The lowest BCUT2D eigenvalue weighted by atomic mass is 9.80. The normalized spacial score (nSPS) is 35.4. The molecule has 6 saturated carbocycles. The van der Waals surface area contributed by atoms with Crippen LogP contribution in [0.15, 0.2) is 36.5 Å². The van der Waals surface area contributed by atoms with Crippen molar-refractivity contribution in [2.45, 2.75) is 144 Å². The van der Waals surface area contributed by atoms with Gasteiger partial charge in [0.25, 0.3) is 0 Å². The zero-order valence-electron chi connectivity index (χ0n) is 27.6. The molecule has 6 aliphatic carbocycles. The summed E-state index contributed by atoms with van der Waals surface area (Å²) in [7, 11) is 0. The van der Waals surface area contributed by atoms with Crippen LogP contribution in [0.3, 0.4) is 0 Å². The largest absolute Gasteiger partial charge is 0.459 e. The van der Waals surface area contributed by atoms with Crippen LogP contribution >= 0.6 is 0 Å². The highest BCUT2D eigenvalue weighted by atomic mass is 16.6. The number of carbonyl (C=O) groups excluding carboxylic acids is 4. The van der Waals surface area contributed by atoms with E-state index in [-0.39, 0.29) is 74.5 Å². The highest BCUT2D eigenvalue weighted by Gasteiger charge is 2.63. The van der Waals surface area contributed by atoms with Gasteiger partial charge in [-0.2, -0.15) is 0 Å². The van der Waals surface area contributed by atoms with Gasteiger partial charge in [0.1, 0.15) is 23.9 Å². The van der Waals surface area contributed by atoms with Crippen LogP contribution in [-0.2, 0) is 38.1 Å². The van der Waals surface area contributed by atoms with Crippen molar-refractivity contribution in [2.75, 3.05) is 0 Å². The molecule has 0 spiro atoms. The predicted octanol–water partition coefficient (Wildman–Crippen LogP) is 8.09. The molecule has 0 aromatic carbocycles. The molecule has 1 aliphatic heterocycles. The van der Waals surface area contributed by atoms with E-state index >= 15 is 0 Å². The van der Waals surface area contributed by atoms with Crippen LogP contribution < -0.4 is 0 Å². The van der Waals surface area contributed by atoms with Crippen molar-refractivity contribution in [2.24, 2.45) is 41.4 Å². The maximum atomic E-state index is 11.5. The molecule has 7 aliphatic rings. The number of rotatable bonds is 7. The molecule has 1 saturated heterocycles. The molecule has 0 N–H and O–H groups in total. The minimum Gasteiger partial charge on any atom is -0.459 e. The first-order chi connectivity index (χ1) is 21.3. The lowest BCUT2D eigenvalue weighted by molar-refractivity contribution is -0.158. The van der Waals surface area contributed by atoms with Gasteiger partial charge in [0.05, 0.1) is 5.92 Å². The van der Waals surface area contributed by atoms with Crippen molar-refractivity contribution < 1.29 is 38.1 Å². The first kappa shape index (κ1) is 38.5. The standard InChI is InChI=1S/C14H20O2.C12H14O4.C11H18O2.2CH4/c1-8(2)14(15)16-13-7-9-6-12(13)11-5-3-4-10(9)11;1-5(2)11(13)15-9-6-3-7-8(4-6)12(14)16-10(7)9;1-4-11(7-5-6-8-11)13-10(12)9(2)3;;/h9-13H,1,3-7H2,2H3;6-10H,1,3-4H2,2H3;2,4-8H2,1,3H3;2*1H4. The van der Waals surface area contributed by atoms with Gasteiger partial charge in [0.2, 0.25) is 0 Å². The minimum atomic E-state index is -0.378. The summed E-state index contributed by atoms with van der Waals surface area (Å²) in [5.41, 5.74) is 1.25. The van der Waals surface area contributed by atoms with E-state index in [1.165, 1.54) is 38.5 Å². The molecule has 0 radical (unpaired) electrons. The van der Waals surface area contributed by atoms with E-state index in [1.54, 1.807) is 20.8 Å². The third-order valence-electron chi connectivity index (χ3n) is 11.8. The number of hydrogen-bond donors (Lipinski definition) is 0. The molecule has 8 nitrogen and oxygen atoms in total. The van der Waals surface area contributed by atoms with E-state index in [9.17, 15) is 19.2 Å². The van der Waals surface area contributed by atoms with E-state index in [1.807, 2.05) is 0 Å². The third kappa shape index (κ3) is 7.88. The number of esters is 4. The zero-order valence-corrected chi connectivity index (χ0v) is 27.6. The average molecular weight is 657 g/mol. The topological polar surface area (TPSA) is 105 Å². The van der Waals surface area contributed by atoms with Crippen molar-refractivity contribution >= 4 is 23.9 Å². The third-order valence-corrected chi connectivity index (χ3v) is 11.8. The monoisotopic (exact) mass is 656 g/mol. The SMILES string of the molecule is C.C.C=C(C)C(=O)OC1(CC)CCCC1.C=C(C)C(=O)OC1C2CC3C(=O)OC1C3C2.C=C(C)C(=O)OC1CC2CC1C1CCCC21. The van der Waals surface area contributed by atoms with Gasteiger partial charge in [-0.1, -0.05) is 47.9 Å². The Morgan fingerprint density at radius 3 is 1.91 bits per heavy atom. The summed E-state index contributed by atoms with van der Waals surface area (Å²) in [5.74, 6) is 3.08. The van der Waals surface area contributed by atoms with Crippen molar-refractivity contribution in [3.8, 4) is 0 Å². The molecule has 47 heavy (non-hydrogen) atoms. The smallest absolute Gasteiger partial charge is 0.333 e. The van der Waals surface area contributed by atoms with Crippen LogP contribution in [0.5, 0.6) is 0 Å². The summed E-state index contributed by atoms with van der Waals surface area (Å²) in [4.78, 5) is 45.8. The molecular weight excluding hydrogens is 596 g/mol. The summed E-state index contributed by atoms with van der Waals surface area (Å²) in [5, 5.41) is 0. The molecule has 1 heterocycles. The molecular formula is C39H60O8. The fourth-order valence-corrected chi connectivity index (χ4v) is 9.50. The molecule has 264 valence electrons. The molecule has 0 aromatic heterocycles. The Morgan fingerprint density at radius 2 is 1.32 bits per heavy atom. The molecule has 0 aromatic rings. The van der Waals surface area contributed by atoms with Gasteiger partial charge >= 0.3 is 23.9 Å². The Morgan fingerprint density at radius 1 is 0.745 bits per heavy atom. The van der Waals surface area contributed by atoms with Gasteiger partial charge < -0.3 is 18.9 Å². The van der Waals surface area contributed by atoms with Crippen LogP contribution in [-0.4, -0.2) is 47.8 Å². The van der Waals surface area contributed by atoms with E-state index < -0.39 is 0 Å². The summed E-state index contributed by atoms with van der Waals surface area (Å²) in [6.45, 7) is 17.9. The van der Waals surface area contributed by atoms with Crippen LogP contribution in [0.1, 0.15) is 120 Å². The molecule has 7 rings (SSSR count). The number of hydrogen-bond acceptors (Lipinski definition) is 8. The van der Waals surface area contributed by atoms with E-state index in [2.05, 4.69) is 26.7 Å². The summed E-state index contributed by atoms with van der Waals surface area (Å²) < 4.78 is 21.7. The Balaban J connectivity index is 0.000000189. The van der Waals surface area contributed by atoms with Gasteiger partial charge in [0, 0.05) is 28.6 Å². The molecule has 10 atom stereocenters. The van der Waals surface area contributed by atoms with Crippen LogP contribution in [0, 0.1) is 41.4 Å². The highest BCUT2D eigenvalue weighted by molar-refractivity contribution is 5.88. The quantitative estimate of drug-likeness (QED) is 0.154. The first-order valence-corrected chi connectivity index (χ1v) is 17.2. The number of ether oxygens (including phenoxy) is 4. The molecule has 0 amide bonds. The Bertz CT molecular complexity index is 1230. The highest BCUT2D eigenvalue weighted by Crippen LogP contribution is 2.59. The van der Waals surface area contributed by atoms with Crippen molar-refractivity contribution in [3.63, 3.8) is 0 Å². The van der Waals surface area contributed by atoms with Crippen molar-refractivity contribution in [1.29, 1.82) is 0 Å². The lowest BCUT2D eigenvalue weighted by Gasteiger charge is -2.31. The van der Waals surface area contributed by atoms with E-state index in [0.29, 0.717) is 28.6 Å². The van der Waals surface area contributed by atoms with E-state index in [0.717, 1.165) is 56.3 Å². The lowest BCUT2D eigenvalue weighted by Crippen LogP contribution is -2.36. The van der Waals surface area contributed by atoms with Crippen molar-refractivity contribution in [3.05, 3.63) is 36.5 Å². The minimum absolute atomic E-state index is 0. The van der Waals surface area contributed by atoms with Gasteiger partial charge in [0.15, 0.2) is 0 Å².